The number of carbonyl (C=O) groups excluding carboxylic acids is 2. The third-order valence-corrected chi connectivity index (χ3v) is 3.49. The van der Waals surface area contributed by atoms with Crippen molar-refractivity contribution in [1.82, 2.24) is 10.2 Å². The van der Waals surface area contributed by atoms with Crippen molar-refractivity contribution in [3.8, 4) is 0 Å². The first-order chi connectivity index (χ1) is 11.1. The zero-order chi connectivity index (χ0) is 17.1. The van der Waals surface area contributed by atoms with Crippen LogP contribution in [-0.4, -0.2) is 50.2 Å². The van der Waals surface area contributed by atoms with E-state index in [0.29, 0.717) is 25.3 Å². The van der Waals surface area contributed by atoms with Crippen molar-refractivity contribution in [2.75, 3.05) is 38.7 Å². The van der Waals surface area contributed by atoms with E-state index in [1.54, 1.807) is 24.1 Å². The lowest BCUT2D eigenvalue weighted by atomic mass is 10.1. The number of likely N-dealkylation sites (N-methyl/N-ethyl adjacent to an activating group) is 1. The average Bonchev–Trinajstić information content (AvgIpc) is 2.54. The molecule has 0 aliphatic heterocycles. The van der Waals surface area contributed by atoms with Crippen LogP contribution in [0.5, 0.6) is 0 Å². The van der Waals surface area contributed by atoms with E-state index in [-0.39, 0.29) is 11.9 Å². The Morgan fingerprint density at radius 1 is 1.13 bits per heavy atom. The summed E-state index contributed by atoms with van der Waals surface area (Å²) in [5.41, 5.74) is 1.64. The number of nitrogens with one attached hydrogen (secondary N) is 2. The van der Waals surface area contributed by atoms with Gasteiger partial charge in [0.1, 0.15) is 0 Å². The molecule has 2 N–H and O–H groups in total. The molecule has 6 nitrogen and oxygen atoms in total. The molecule has 0 heterocycles. The number of hydrogen-bond donors (Lipinski definition) is 2. The second kappa shape index (κ2) is 10.6. The summed E-state index contributed by atoms with van der Waals surface area (Å²) in [4.78, 5) is 25.5. The van der Waals surface area contributed by atoms with Crippen molar-refractivity contribution in [2.24, 2.45) is 0 Å². The van der Waals surface area contributed by atoms with Crippen molar-refractivity contribution in [1.29, 1.82) is 0 Å². The topological polar surface area (TPSA) is 70.7 Å². The molecule has 0 bridgehead atoms. The Kier molecular flexibility index (Phi) is 8.75. The minimum absolute atomic E-state index is 0.117. The lowest BCUT2D eigenvalue weighted by Gasteiger charge is -2.18. The molecule has 1 rings (SSSR count). The third kappa shape index (κ3) is 7.15. The molecular formula is C17H27N3O3. The first-order valence-electron chi connectivity index (χ1n) is 8.01. The van der Waals surface area contributed by atoms with Gasteiger partial charge in [0.05, 0.1) is 6.42 Å². The minimum atomic E-state index is -0.243. The molecule has 0 fully saturated rings. The molecule has 1 aromatic rings. The fourth-order valence-corrected chi connectivity index (χ4v) is 2.16. The van der Waals surface area contributed by atoms with E-state index in [9.17, 15) is 9.59 Å². The van der Waals surface area contributed by atoms with Crippen molar-refractivity contribution in [3.63, 3.8) is 0 Å². The maximum atomic E-state index is 12.0. The number of methoxy groups -OCH3 is 1. The van der Waals surface area contributed by atoms with Crippen molar-refractivity contribution in [3.05, 3.63) is 29.8 Å². The molecule has 0 aliphatic carbocycles. The van der Waals surface area contributed by atoms with Crippen molar-refractivity contribution in [2.45, 2.75) is 26.7 Å². The number of anilines is 1. The van der Waals surface area contributed by atoms with Gasteiger partial charge in [-0.15, -0.1) is 0 Å². The van der Waals surface area contributed by atoms with Gasteiger partial charge in [0.2, 0.25) is 5.91 Å². The molecule has 0 unspecified atom stereocenters. The summed E-state index contributed by atoms with van der Waals surface area (Å²) >= 11 is 0. The Labute approximate surface area is 138 Å². The van der Waals surface area contributed by atoms with Crippen LogP contribution in [0.4, 0.5) is 10.5 Å². The van der Waals surface area contributed by atoms with Crippen molar-refractivity contribution >= 4 is 17.6 Å². The first kappa shape index (κ1) is 19.0. The minimum Gasteiger partial charge on any atom is -0.385 e. The molecule has 0 atom stereocenters. The summed E-state index contributed by atoms with van der Waals surface area (Å²) in [6.45, 7) is 6.57. The fourth-order valence-electron chi connectivity index (χ4n) is 2.16. The van der Waals surface area contributed by atoms with Gasteiger partial charge in [0, 0.05) is 39.0 Å². The van der Waals surface area contributed by atoms with E-state index in [0.717, 1.165) is 25.1 Å². The lowest BCUT2D eigenvalue weighted by Crippen LogP contribution is -2.31. The van der Waals surface area contributed by atoms with E-state index >= 15 is 0 Å². The van der Waals surface area contributed by atoms with Gasteiger partial charge in [-0.1, -0.05) is 12.1 Å². The Hall–Kier alpha value is -2.08. The number of rotatable bonds is 9. The normalized spacial score (nSPS) is 10.2. The summed E-state index contributed by atoms with van der Waals surface area (Å²) in [5.74, 6) is 0.117. The van der Waals surface area contributed by atoms with Crippen molar-refractivity contribution < 1.29 is 14.3 Å². The summed E-state index contributed by atoms with van der Waals surface area (Å²) in [5, 5.41) is 5.51. The molecule has 0 spiro atoms. The van der Waals surface area contributed by atoms with Crippen LogP contribution in [-0.2, 0) is 16.0 Å². The molecule has 0 saturated carbocycles. The van der Waals surface area contributed by atoms with Gasteiger partial charge in [-0.05, 0) is 38.0 Å². The Morgan fingerprint density at radius 3 is 2.35 bits per heavy atom. The number of nitrogens with zero attached hydrogens (tertiary/aromatic N) is 1. The number of benzene rings is 1. The van der Waals surface area contributed by atoms with E-state index in [2.05, 4.69) is 10.6 Å². The number of carbonyl (C=O) groups is 2. The zero-order valence-corrected chi connectivity index (χ0v) is 14.2. The van der Waals surface area contributed by atoms with Crippen LogP contribution >= 0.6 is 0 Å². The molecule has 0 aromatic heterocycles. The second-order valence-electron chi connectivity index (χ2n) is 5.17. The summed E-state index contributed by atoms with van der Waals surface area (Å²) in [6.07, 6.45) is 1.15. The van der Waals surface area contributed by atoms with Crippen LogP contribution < -0.4 is 10.6 Å². The molecule has 0 radical (unpaired) electrons. The molecule has 23 heavy (non-hydrogen) atoms. The van der Waals surface area contributed by atoms with Crippen LogP contribution in [0.15, 0.2) is 24.3 Å². The predicted octanol–water partition coefficient (Wildman–Crippen LogP) is 2.26. The molecule has 0 aliphatic rings. The van der Waals surface area contributed by atoms with Gasteiger partial charge in [-0.25, -0.2) is 4.79 Å². The lowest BCUT2D eigenvalue weighted by molar-refractivity contribution is -0.130. The van der Waals surface area contributed by atoms with Crippen LogP contribution in [0, 0.1) is 0 Å². The highest BCUT2D eigenvalue weighted by Crippen LogP contribution is 2.11. The smallest absolute Gasteiger partial charge is 0.319 e. The predicted molar refractivity (Wildman–Crippen MR) is 91.6 cm³/mol. The zero-order valence-electron chi connectivity index (χ0n) is 14.2. The van der Waals surface area contributed by atoms with Crippen LogP contribution in [0.1, 0.15) is 25.8 Å². The van der Waals surface area contributed by atoms with E-state index in [1.807, 2.05) is 26.0 Å². The fraction of sp³-hybridized carbons (Fsp3) is 0.529. The average molecular weight is 321 g/mol. The van der Waals surface area contributed by atoms with Gasteiger partial charge in [-0.2, -0.15) is 0 Å². The molecule has 6 heteroatoms. The quantitative estimate of drug-likeness (QED) is 0.685. The van der Waals surface area contributed by atoms with Gasteiger partial charge in [0.25, 0.3) is 0 Å². The Morgan fingerprint density at radius 2 is 1.78 bits per heavy atom. The standard InChI is InChI=1S/C17H27N3O3/c1-4-20(5-2)16(21)13-14-7-9-15(10-8-14)19-17(22)18-11-6-12-23-3/h7-10H,4-6,11-13H2,1-3H3,(H2,18,19,22). The number of amides is 3. The highest BCUT2D eigenvalue weighted by atomic mass is 16.5. The SMILES string of the molecule is CCN(CC)C(=O)Cc1ccc(NC(=O)NCCCOC)cc1. The number of ether oxygens (including phenoxy) is 1. The molecule has 3 amide bonds. The van der Waals surface area contributed by atoms with Gasteiger partial charge in [0.15, 0.2) is 0 Å². The maximum absolute atomic E-state index is 12.0. The maximum Gasteiger partial charge on any atom is 0.319 e. The van der Waals surface area contributed by atoms with E-state index < -0.39 is 0 Å². The Bertz CT molecular complexity index is 484. The number of hydrogen-bond acceptors (Lipinski definition) is 3. The van der Waals surface area contributed by atoms with Gasteiger partial charge < -0.3 is 20.3 Å². The highest BCUT2D eigenvalue weighted by molar-refractivity contribution is 5.89. The second-order valence-corrected chi connectivity index (χ2v) is 5.17. The molecule has 1 aromatic carbocycles. The highest BCUT2D eigenvalue weighted by Gasteiger charge is 2.10. The third-order valence-electron chi connectivity index (χ3n) is 3.49. The first-order valence-corrected chi connectivity index (χ1v) is 8.01. The summed E-state index contributed by atoms with van der Waals surface area (Å²) in [6, 6.07) is 7.09. The largest absolute Gasteiger partial charge is 0.385 e. The van der Waals surface area contributed by atoms with E-state index in [1.165, 1.54) is 0 Å². The Balaban J connectivity index is 2.44. The summed E-state index contributed by atoms with van der Waals surface area (Å²) < 4.78 is 4.92. The molecule has 128 valence electrons. The number of urea groups is 1. The van der Waals surface area contributed by atoms with Crippen LogP contribution in [0.25, 0.3) is 0 Å². The summed E-state index contributed by atoms with van der Waals surface area (Å²) in [7, 11) is 1.63. The van der Waals surface area contributed by atoms with Crippen LogP contribution in [0.3, 0.4) is 0 Å². The van der Waals surface area contributed by atoms with E-state index in [4.69, 9.17) is 4.74 Å². The van der Waals surface area contributed by atoms with Gasteiger partial charge >= 0.3 is 6.03 Å². The van der Waals surface area contributed by atoms with Crippen LogP contribution in [0.2, 0.25) is 0 Å². The van der Waals surface area contributed by atoms with Gasteiger partial charge in [-0.3, -0.25) is 4.79 Å². The molecule has 0 saturated heterocycles. The molecular weight excluding hydrogens is 294 g/mol. The monoisotopic (exact) mass is 321 g/mol.